The number of hydrazine groups is 1. The summed E-state index contributed by atoms with van der Waals surface area (Å²) in [7, 11) is 0. The number of ether oxygens (including phenoxy) is 2. The molecule has 0 radical (unpaired) electrons. The molecule has 2 heterocycles. The molecule has 2 aliphatic rings. The molecule has 0 bridgehead atoms. The topological polar surface area (TPSA) is 59.8 Å². The van der Waals surface area contributed by atoms with Crippen LogP contribution >= 0.6 is 0 Å². The van der Waals surface area contributed by atoms with Gasteiger partial charge in [0.05, 0.1) is 25.9 Å². The monoisotopic (exact) mass is 255 g/mol. The largest absolute Gasteiger partial charge is 0.496 e. The molecule has 0 aromatic heterocycles. The summed E-state index contributed by atoms with van der Waals surface area (Å²) >= 11 is 0. The first kappa shape index (κ1) is 13.8. The molecular weight excluding hydrogens is 230 g/mol. The van der Waals surface area contributed by atoms with Gasteiger partial charge in [0.15, 0.2) is 0 Å². The number of nitrogens with one attached hydrogen (secondary N) is 1. The predicted octanol–water partition coefficient (Wildman–Crippen LogP) is 0.623. The lowest BCUT2D eigenvalue weighted by Crippen LogP contribution is -2.63. The van der Waals surface area contributed by atoms with E-state index in [-0.39, 0.29) is 11.6 Å². The number of rotatable bonds is 5. The molecule has 1 fully saturated rings. The molecule has 5 heteroatoms. The van der Waals surface area contributed by atoms with Gasteiger partial charge >= 0.3 is 0 Å². The average molecular weight is 255 g/mol. The van der Waals surface area contributed by atoms with Crippen molar-refractivity contribution in [3.63, 3.8) is 0 Å². The lowest BCUT2D eigenvalue weighted by Gasteiger charge is -2.47. The maximum absolute atomic E-state index is 5.79. The molecule has 1 saturated heterocycles. The van der Waals surface area contributed by atoms with Gasteiger partial charge in [-0.3, -0.25) is 10.7 Å². The van der Waals surface area contributed by atoms with Gasteiger partial charge in [-0.25, -0.2) is 5.43 Å². The Kier molecular flexibility index (Phi) is 4.61. The number of nitrogens with zero attached hydrogens (tertiary/aromatic N) is 1. The highest BCUT2D eigenvalue weighted by molar-refractivity contribution is 5.15. The van der Waals surface area contributed by atoms with Crippen molar-refractivity contribution in [2.24, 2.45) is 5.84 Å². The van der Waals surface area contributed by atoms with Crippen LogP contribution in [0.3, 0.4) is 0 Å². The van der Waals surface area contributed by atoms with E-state index in [1.807, 2.05) is 0 Å². The minimum Gasteiger partial charge on any atom is -0.496 e. The minimum atomic E-state index is -0.0330. The van der Waals surface area contributed by atoms with Crippen molar-refractivity contribution < 1.29 is 9.47 Å². The Labute approximate surface area is 109 Å². The van der Waals surface area contributed by atoms with Crippen molar-refractivity contribution in [2.75, 3.05) is 32.9 Å². The van der Waals surface area contributed by atoms with Crippen LogP contribution < -0.4 is 11.3 Å². The first-order chi connectivity index (χ1) is 8.72. The molecule has 0 spiro atoms. The minimum absolute atomic E-state index is 0.0330. The number of hydrogen-bond acceptors (Lipinski definition) is 5. The highest BCUT2D eigenvalue weighted by Crippen LogP contribution is 2.30. The molecule has 104 valence electrons. The molecular formula is C13H25N3O2. The van der Waals surface area contributed by atoms with Gasteiger partial charge in [0.1, 0.15) is 5.76 Å². The fourth-order valence-electron chi connectivity index (χ4n) is 2.89. The SMILES string of the molecule is CCC(C)(C(NN)C1=CCCO1)N1CCOCC1. The van der Waals surface area contributed by atoms with E-state index in [2.05, 4.69) is 30.2 Å². The van der Waals surface area contributed by atoms with Crippen LogP contribution in [0.5, 0.6) is 0 Å². The standard InChI is InChI=1S/C13H25N3O2/c1-3-13(2,16-6-9-17-10-7-16)12(15-14)11-5-4-8-18-11/h5,12,15H,3-4,6-10,14H2,1-2H3. The maximum Gasteiger partial charge on any atom is 0.112 e. The van der Waals surface area contributed by atoms with Crippen LogP contribution in [-0.4, -0.2) is 49.4 Å². The summed E-state index contributed by atoms with van der Waals surface area (Å²) < 4.78 is 11.1. The van der Waals surface area contributed by atoms with Crippen molar-refractivity contribution >= 4 is 0 Å². The van der Waals surface area contributed by atoms with Crippen molar-refractivity contribution in [3.05, 3.63) is 11.8 Å². The third-order valence-electron chi connectivity index (χ3n) is 4.25. The molecule has 2 rings (SSSR count). The second-order valence-electron chi connectivity index (χ2n) is 5.15. The Morgan fingerprint density at radius 1 is 1.44 bits per heavy atom. The molecule has 5 nitrogen and oxygen atoms in total. The van der Waals surface area contributed by atoms with E-state index in [1.165, 1.54) is 0 Å². The van der Waals surface area contributed by atoms with Gasteiger partial charge in [-0.05, 0) is 19.4 Å². The van der Waals surface area contributed by atoms with Crippen LogP contribution in [0.1, 0.15) is 26.7 Å². The van der Waals surface area contributed by atoms with Crippen LogP contribution in [0.15, 0.2) is 11.8 Å². The molecule has 2 atom stereocenters. The smallest absolute Gasteiger partial charge is 0.112 e. The molecule has 18 heavy (non-hydrogen) atoms. The Morgan fingerprint density at radius 3 is 2.67 bits per heavy atom. The Hall–Kier alpha value is -0.620. The van der Waals surface area contributed by atoms with Crippen LogP contribution in [-0.2, 0) is 9.47 Å². The van der Waals surface area contributed by atoms with Crippen LogP contribution in [0.4, 0.5) is 0 Å². The highest BCUT2D eigenvalue weighted by Gasteiger charge is 2.41. The van der Waals surface area contributed by atoms with Crippen molar-refractivity contribution in [2.45, 2.75) is 38.3 Å². The fourth-order valence-corrected chi connectivity index (χ4v) is 2.89. The summed E-state index contributed by atoms with van der Waals surface area (Å²) in [6.45, 7) is 8.74. The zero-order chi connectivity index (χ0) is 13.0. The normalized spacial score (nSPS) is 26.3. The van der Waals surface area contributed by atoms with E-state index in [4.69, 9.17) is 15.3 Å². The van der Waals surface area contributed by atoms with Gasteiger partial charge in [0.2, 0.25) is 0 Å². The van der Waals surface area contributed by atoms with Crippen molar-refractivity contribution in [3.8, 4) is 0 Å². The zero-order valence-electron chi connectivity index (χ0n) is 11.4. The van der Waals surface area contributed by atoms with E-state index < -0.39 is 0 Å². The third-order valence-corrected chi connectivity index (χ3v) is 4.25. The fraction of sp³-hybridized carbons (Fsp3) is 0.846. The Bertz CT molecular complexity index is 303. The summed E-state index contributed by atoms with van der Waals surface area (Å²) in [5.74, 6) is 6.79. The Morgan fingerprint density at radius 2 is 2.17 bits per heavy atom. The molecule has 2 unspecified atom stereocenters. The highest BCUT2D eigenvalue weighted by atomic mass is 16.5. The van der Waals surface area contributed by atoms with Gasteiger partial charge in [0, 0.05) is 25.0 Å². The summed E-state index contributed by atoms with van der Waals surface area (Å²) in [4.78, 5) is 2.46. The van der Waals surface area contributed by atoms with E-state index in [9.17, 15) is 0 Å². The van der Waals surface area contributed by atoms with Crippen molar-refractivity contribution in [1.82, 2.24) is 10.3 Å². The van der Waals surface area contributed by atoms with Crippen molar-refractivity contribution in [1.29, 1.82) is 0 Å². The quantitative estimate of drug-likeness (QED) is 0.557. The van der Waals surface area contributed by atoms with E-state index in [0.717, 1.165) is 51.5 Å². The van der Waals surface area contributed by atoms with E-state index in [0.29, 0.717) is 0 Å². The molecule has 3 N–H and O–H groups in total. The summed E-state index contributed by atoms with van der Waals surface area (Å²) in [5, 5.41) is 0. The lowest BCUT2D eigenvalue weighted by molar-refractivity contribution is -0.0337. The number of nitrogens with two attached hydrogens (primary N) is 1. The Balaban J connectivity index is 2.16. The van der Waals surface area contributed by atoms with Gasteiger partial charge in [-0.2, -0.15) is 0 Å². The molecule has 0 amide bonds. The molecule has 0 saturated carbocycles. The third kappa shape index (κ3) is 2.54. The van der Waals surface area contributed by atoms with Gasteiger partial charge in [-0.1, -0.05) is 6.92 Å². The van der Waals surface area contributed by atoms with Crippen LogP contribution in [0, 0.1) is 0 Å². The molecule has 2 aliphatic heterocycles. The molecule has 0 aromatic carbocycles. The van der Waals surface area contributed by atoms with Gasteiger partial charge in [-0.15, -0.1) is 0 Å². The average Bonchev–Trinajstić information content (AvgIpc) is 2.94. The van der Waals surface area contributed by atoms with E-state index >= 15 is 0 Å². The predicted molar refractivity (Wildman–Crippen MR) is 70.9 cm³/mol. The summed E-state index contributed by atoms with van der Waals surface area (Å²) in [6, 6.07) is 0.0445. The maximum atomic E-state index is 5.79. The second-order valence-corrected chi connectivity index (χ2v) is 5.15. The van der Waals surface area contributed by atoms with Crippen LogP contribution in [0.2, 0.25) is 0 Å². The number of hydrogen-bond donors (Lipinski definition) is 2. The van der Waals surface area contributed by atoms with E-state index in [1.54, 1.807) is 0 Å². The zero-order valence-corrected chi connectivity index (χ0v) is 11.4. The first-order valence-electron chi connectivity index (χ1n) is 6.84. The van der Waals surface area contributed by atoms with Gasteiger partial charge < -0.3 is 9.47 Å². The first-order valence-corrected chi connectivity index (χ1v) is 6.84. The molecule has 0 aliphatic carbocycles. The second kappa shape index (κ2) is 6.02. The molecule has 0 aromatic rings. The summed E-state index contributed by atoms with van der Waals surface area (Å²) in [5.41, 5.74) is 2.92. The summed E-state index contributed by atoms with van der Waals surface area (Å²) in [6.07, 6.45) is 4.15. The van der Waals surface area contributed by atoms with Crippen LogP contribution in [0.25, 0.3) is 0 Å². The number of morpholine rings is 1. The lowest BCUT2D eigenvalue weighted by atomic mass is 9.85. The van der Waals surface area contributed by atoms with Gasteiger partial charge in [0.25, 0.3) is 0 Å².